The monoisotopic (exact) mass is 457 g/mol. The summed E-state index contributed by atoms with van der Waals surface area (Å²) >= 11 is 12.7. The van der Waals surface area contributed by atoms with E-state index in [9.17, 15) is 9.59 Å². The molecule has 0 atom stereocenters. The third-order valence-corrected chi connectivity index (χ3v) is 6.25. The third-order valence-electron chi connectivity index (χ3n) is 4.56. The number of fused-ring (bicyclic) bond motifs is 1. The van der Waals surface area contributed by atoms with Gasteiger partial charge in [-0.15, -0.1) is 0 Å². The Morgan fingerprint density at radius 3 is 2.70 bits per heavy atom. The highest BCUT2D eigenvalue weighted by atomic mass is 35.5. The number of amides is 1. The molecule has 1 saturated heterocycles. The molecule has 0 unspecified atom stereocenters. The van der Waals surface area contributed by atoms with Crippen LogP contribution >= 0.6 is 35.6 Å². The lowest BCUT2D eigenvalue weighted by molar-refractivity contribution is -0.121. The highest BCUT2D eigenvalue weighted by molar-refractivity contribution is 8.26. The van der Waals surface area contributed by atoms with Gasteiger partial charge in [-0.2, -0.15) is 4.98 Å². The van der Waals surface area contributed by atoms with E-state index in [1.165, 1.54) is 15.4 Å². The quantitative estimate of drug-likeness (QED) is 0.419. The summed E-state index contributed by atoms with van der Waals surface area (Å²) in [6.07, 6.45) is 3.12. The number of aryl methyl sites for hydroxylation is 1. The van der Waals surface area contributed by atoms with Crippen LogP contribution in [0.2, 0.25) is 5.02 Å². The number of hydrogen-bond donors (Lipinski definition) is 0. The number of nitrogens with zero attached hydrogens (tertiary/aromatic N) is 3. The molecule has 1 aliphatic heterocycles. The van der Waals surface area contributed by atoms with E-state index in [0.717, 1.165) is 17.3 Å². The molecule has 1 fully saturated rings. The number of benzene rings is 1. The van der Waals surface area contributed by atoms with Crippen LogP contribution < -0.4 is 10.3 Å². The predicted octanol–water partition coefficient (Wildman–Crippen LogP) is 4.67. The van der Waals surface area contributed by atoms with E-state index in [-0.39, 0.29) is 22.9 Å². The maximum absolute atomic E-state index is 13.3. The summed E-state index contributed by atoms with van der Waals surface area (Å²) in [7, 11) is 0. The van der Waals surface area contributed by atoms with E-state index >= 15 is 0 Å². The van der Waals surface area contributed by atoms with Crippen molar-refractivity contribution in [2.75, 3.05) is 6.54 Å². The Bertz CT molecular complexity index is 1290. The van der Waals surface area contributed by atoms with E-state index in [0.29, 0.717) is 32.2 Å². The van der Waals surface area contributed by atoms with Crippen LogP contribution in [-0.2, 0) is 4.79 Å². The summed E-state index contributed by atoms with van der Waals surface area (Å²) in [6, 6.07) is 10.5. The van der Waals surface area contributed by atoms with Crippen LogP contribution in [0.15, 0.2) is 52.3 Å². The van der Waals surface area contributed by atoms with Crippen LogP contribution in [0.4, 0.5) is 0 Å². The van der Waals surface area contributed by atoms with Crippen LogP contribution in [0.3, 0.4) is 0 Å². The predicted molar refractivity (Wildman–Crippen MR) is 123 cm³/mol. The molecule has 152 valence electrons. The summed E-state index contributed by atoms with van der Waals surface area (Å²) in [5, 5.41) is 0.382. The van der Waals surface area contributed by atoms with Crippen molar-refractivity contribution in [1.82, 2.24) is 14.3 Å². The number of thioether (sulfide) groups is 1. The first-order chi connectivity index (χ1) is 14.4. The van der Waals surface area contributed by atoms with Gasteiger partial charge in [0.05, 0.1) is 9.93 Å². The summed E-state index contributed by atoms with van der Waals surface area (Å²) in [6.45, 7) is 4.15. The molecule has 1 aliphatic rings. The van der Waals surface area contributed by atoms with Crippen molar-refractivity contribution in [2.45, 2.75) is 13.8 Å². The Balaban J connectivity index is 1.93. The molecule has 9 heteroatoms. The van der Waals surface area contributed by atoms with Crippen molar-refractivity contribution in [3.8, 4) is 11.6 Å². The van der Waals surface area contributed by atoms with Crippen molar-refractivity contribution in [2.24, 2.45) is 0 Å². The van der Waals surface area contributed by atoms with Gasteiger partial charge in [0.25, 0.3) is 11.5 Å². The smallest absolute Gasteiger partial charge is 0.269 e. The first-order valence-corrected chi connectivity index (χ1v) is 10.7. The van der Waals surface area contributed by atoms with Crippen molar-refractivity contribution < 1.29 is 9.53 Å². The number of rotatable bonds is 4. The number of carbonyl (C=O) groups excluding carboxylic acids is 1. The Morgan fingerprint density at radius 2 is 2.00 bits per heavy atom. The molecule has 3 heterocycles. The van der Waals surface area contributed by atoms with Gasteiger partial charge in [0.1, 0.15) is 21.3 Å². The molecule has 0 N–H and O–H groups in total. The topological polar surface area (TPSA) is 63.9 Å². The molecule has 0 saturated carbocycles. The van der Waals surface area contributed by atoms with Gasteiger partial charge in [0.2, 0.25) is 5.88 Å². The maximum Gasteiger partial charge on any atom is 0.269 e. The van der Waals surface area contributed by atoms with Crippen molar-refractivity contribution >= 4 is 57.5 Å². The number of pyridine rings is 1. The highest BCUT2D eigenvalue weighted by Gasteiger charge is 2.31. The number of para-hydroxylation sites is 1. The van der Waals surface area contributed by atoms with Crippen molar-refractivity contribution in [3.63, 3.8) is 0 Å². The lowest BCUT2D eigenvalue weighted by Crippen LogP contribution is -2.27. The fourth-order valence-corrected chi connectivity index (χ4v) is 4.57. The second-order valence-electron chi connectivity index (χ2n) is 6.48. The lowest BCUT2D eigenvalue weighted by atomic mass is 10.2. The van der Waals surface area contributed by atoms with Crippen LogP contribution in [-0.4, -0.2) is 31.1 Å². The SMILES string of the molecule is CCN1C(=O)/C(=C\c2c(Oc3ccccc3Cl)nc3c(C)cccn3c2=O)SC1=S. The number of hydrogen-bond acceptors (Lipinski definition) is 6. The van der Waals surface area contributed by atoms with Crippen molar-refractivity contribution in [3.05, 3.63) is 74.0 Å². The number of ether oxygens (including phenoxy) is 1. The van der Waals surface area contributed by atoms with Gasteiger partial charge in [-0.3, -0.25) is 18.9 Å². The first kappa shape index (κ1) is 20.6. The summed E-state index contributed by atoms with van der Waals surface area (Å²) < 4.78 is 7.82. The maximum atomic E-state index is 13.3. The minimum Gasteiger partial charge on any atom is -0.437 e. The van der Waals surface area contributed by atoms with E-state index in [1.807, 2.05) is 19.9 Å². The van der Waals surface area contributed by atoms with E-state index < -0.39 is 0 Å². The zero-order chi connectivity index (χ0) is 21.4. The largest absolute Gasteiger partial charge is 0.437 e. The van der Waals surface area contributed by atoms with Crippen LogP contribution in [0, 0.1) is 6.92 Å². The average Bonchev–Trinajstić information content (AvgIpc) is 2.99. The van der Waals surface area contributed by atoms with E-state index in [2.05, 4.69) is 4.98 Å². The number of halogens is 1. The molecule has 30 heavy (non-hydrogen) atoms. The zero-order valence-corrected chi connectivity index (χ0v) is 18.5. The summed E-state index contributed by atoms with van der Waals surface area (Å²) in [5.41, 5.74) is 1.06. The third kappa shape index (κ3) is 3.62. The van der Waals surface area contributed by atoms with Crippen LogP contribution in [0.25, 0.3) is 11.7 Å². The van der Waals surface area contributed by atoms with Gasteiger partial charge in [-0.05, 0) is 43.7 Å². The van der Waals surface area contributed by atoms with Crippen LogP contribution in [0.1, 0.15) is 18.1 Å². The number of thiocarbonyl (C=S) groups is 1. The second kappa shape index (κ2) is 8.22. The van der Waals surface area contributed by atoms with Gasteiger partial charge in [0.15, 0.2) is 0 Å². The molecule has 4 rings (SSSR count). The molecule has 6 nitrogen and oxygen atoms in total. The normalized spacial score (nSPS) is 15.4. The Labute approximate surface area is 187 Å². The highest BCUT2D eigenvalue weighted by Crippen LogP contribution is 2.35. The lowest BCUT2D eigenvalue weighted by Gasteiger charge is -2.12. The standard InChI is InChI=1S/C21H16ClN3O3S2/c1-3-24-20(27)16(30-21(24)29)11-13-18(28-15-9-5-4-8-14(15)22)23-17-12(2)7-6-10-25(17)19(13)26/h4-11H,3H2,1-2H3/b16-11+. The Morgan fingerprint density at radius 1 is 1.23 bits per heavy atom. The fraction of sp³-hybridized carbons (Fsp3) is 0.143. The molecule has 2 aromatic heterocycles. The van der Waals surface area contributed by atoms with Gasteiger partial charge in [0, 0.05) is 12.7 Å². The Hall–Kier alpha value is -2.68. The molecular formula is C21H16ClN3O3S2. The minimum absolute atomic E-state index is 0.0733. The Kier molecular flexibility index (Phi) is 5.64. The van der Waals surface area contributed by atoms with Crippen LogP contribution in [0.5, 0.6) is 11.6 Å². The average molecular weight is 458 g/mol. The number of carbonyl (C=O) groups is 1. The first-order valence-electron chi connectivity index (χ1n) is 9.10. The van der Waals surface area contributed by atoms with E-state index in [4.69, 9.17) is 28.6 Å². The van der Waals surface area contributed by atoms with Gasteiger partial charge < -0.3 is 4.74 Å². The second-order valence-corrected chi connectivity index (χ2v) is 8.56. The van der Waals surface area contributed by atoms with E-state index in [1.54, 1.807) is 36.5 Å². The van der Waals surface area contributed by atoms with Gasteiger partial charge in [-0.1, -0.05) is 53.8 Å². The molecule has 1 amide bonds. The summed E-state index contributed by atoms with van der Waals surface area (Å²) in [5.74, 6) is 0.189. The van der Waals surface area contributed by atoms with Gasteiger partial charge >= 0.3 is 0 Å². The van der Waals surface area contributed by atoms with Gasteiger partial charge in [-0.25, -0.2) is 0 Å². The molecule has 0 bridgehead atoms. The molecular weight excluding hydrogens is 442 g/mol. The molecule has 3 aromatic rings. The number of aromatic nitrogens is 2. The molecule has 1 aromatic carbocycles. The zero-order valence-electron chi connectivity index (χ0n) is 16.1. The van der Waals surface area contributed by atoms with Crippen molar-refractivity contribution in [1.29, 1.82) is 0 Å². The minimum atomic E-state index is -0.354. The fourth-order valence-electron chi connectivity index (χ4n) is 3.03. The molecule has 0 aliphatic carbocycles. The number of likely N-dealkylation sites (N-methyl/N-ethyl adjacent to an activating group) is 1. The molecule has 0 radical (unpaired) electrons. The summed E-state index contributed by atoms with van der Waals surface area (Å²) in [4.78, 5) is 32.4. The molecule has 0 spiro atoms.